The lowest BCUT2D eigenvalue weighted by Gasteiger charge is -2.39. The Kier molecular flexibility index (Phi) is 6.66. The summed E-state index contributed by atoms with van der Waals surface area (Å²) in [5.41, 5.74) is 4.60. The Morgan fingerprint density at radius 3 is 1.91 bits per heavy atom. The van der Waals surface area contributed by atoms with Gasteiger partial charge >= 0.3 is 0 Å². The second kappa shape index (κ2) is 9.62. The Hall–Kier alpha value is -3.04. The first-order chi connectivity index (χ1) is 15.5. The molecule has 0 saturated carbocycles. The van der Waals surface area contributed by atoms with E-state index in [0.717, 1.165) is 0 Å². The average molecular weight is 451 g/mol. The van der Waals surface area contributed by atoms with Crippen LogP contribution in [0.15, 0.2) is 89.8 Å². The number of benzene rings is 3. The first-order valence-electron chi connectivity index (χ1n) is 10.5. The highest BCUT2D eigenvalue weighted by molar-refractivity contribution is 7.89. The predicted octanol–water partition coefficient (Wildman–Crippen LogP) is 2.39. The molecule has 166 valence electrons. The zero-order valence-corrected chi connectivity index (χ0v) is 18.4. The summed E-state index contributed by atoms with van der Waals surface area (Å²) in [5, 5.41) is 0. The second-order valence-corrected chi connectivity index (χ2v) is 9.60. The fourth-order valence-electron chi connectivity index (χ4n) is 4.12. The monoisotopic (exact) mass is 450 g/mol. The Bertz CT molecular complexity index is 1120. The van der Waals surface area contributed by atoms with E-state index >= 15 is 0 Å². The molecule has 1 aliphatic rings. The Balaban J connectivity index is 1.54. The number of hydrazine groups is 1. The van der Waals surface area contributed by atoms with Gasteiger partial charge in [0, 0.05) is 31.7 Å². The lowest BCUT2D eigenvalue weighted by atomic mass is 9.96. The zero-order chi connectivity index (χ0) is 22.6. The lowest BCUT2D eigenvalue weighted by molar-refractivity contribution is 0.0953. The number of nitrogens with two attached hydrogens (primary N) is 1. The predicted molar refractivity (Wildman–Crippen MR) is 123 cm³/mol. The smallest absolute Gasteiger partial charge is 0.265 e. The zero-order valence-electron chi connectivity index (χ0n) is 17.6. The van der Waals surface area contributed by atoms with E-state index in [2.05, 4.69) is 29.2 Å². The van der Waals surface area contributed by atoms with E-state index in [-0.39, 0.29) is 16.5 Å². The molecule has 3 N–H and O–H groups in total. The number of nitrogen functional groups attached to an aromatic ring is 1. The van der Waals surface area contributed by atoms with Crippen molar-refractivity contribution in [2.75, 3.05) is 26.2 Å². The standard InChI is InChI=1S/C24H26N4O3S/c25-26-24(29)21-12-7-13-22(18-21)32(30,31)28-16-14-27(15-17-28)23(19-8-3-1-4-9-19)20-10-5-2-6-11-20/h1-13,18,23H,14-17,25H2,(H,26,29). The lowest BCUT2D eigenvalue weighted by Crippen LogP contribution is -2.49. The van der Waals surface area contributed by atoms with Crippen LogP contribution >= 0.6 is 0 Å². The van der Waals surface area contributed by atoms with Crippen molar-refractivity contribution in [1.82, 2.24) is 14.6 Å². The van der Waals surface area contributed by atoms with Crippen molar-refractivity contribution in [1.29, 1.82) is 0 Å². The van der Waals surface area contributed by atoms with E-state index in [1.54, 1.807) is 6.07 Å². The van der Waals surface area contributed by atoms with Crippen molar-refractivity contribution in [3.8, 4) is 0 Å². The summed E-state index contributed by atoms with van der Waals surface area (Å²) in [4.78, 5) is 14.2. The molecule has 1 amide bonds. The molecule has 7 nitrogen and oxygen atoms in total. The number of piperazine rings is 1. The highest BCUT2D eigenvalue weighted by Gasteiger charge is 2.32. The van der Waals surface area contributed by atoms with Gasteiger partial charge in [0.25, 0.3) is 5.91 Å². The van der Waals surface area contributed by atoms with Gasteiger partial charge in [-0.2, -0.15) is 4.31 Å². The molecule has 1 saturated heterocycles. The van der Waals surface area contributed by atoms with Gasteiger partial charge in [0.05, 0.1) is 10.9 Å². The number of rotatable bonds is 6. The van der Waals surface area contributed by atoms with Crippen LogP contribution in [0.2, 0.25) is 0 Å². The second-order valence-electron chi connectivity index (χ2n) is 7.67. The van der Waals surface area contributed by atoms with E-state index in [0.29, 0.717) is 26.2 Å². The van der Waals surface area contributed by atoms with Crippen molar-refractivity contribution in [2.45, 2.75) is 10.9 Å². The highest BCUT2D eigenvalue weighted by atomic mass is 32.2. The van der Waals surface area contributed by atoms with Crippen molar-refractivity contribution in [3.05, 3.63) is 102 Å². The molecule has 1 fully saturated rings. The molecule has 1 heterocycles. The minimum absolute atomic E-state index is 0.0545. The molecule has 0 aromatic heterocycles. The Labute approximate surface area is 188 Å². The Morgan fingerprint density at radius 2 is 1.38 bits per heavy atom. The third kappa shape index (κ3) is 4.58. The molecule has 3 aromatic rings. The van der Waals surface area contributed by atoms with Gasteiger partial charge in [0.15, 0.2) is 0 Å². The number of nitrogens with zero attached hydrogens (tertiary/aromatic N) is 2. The molecule has 4 rings (SSSR count). The summed E-state index contributed by atoms with van der Waals surface area (Å²) >= 11 is 0. The maximum Gasteiger partial charge on any atom is 0.265 e. The topological polar surface area (TPSA) is 95.7 Å². The van der Waals surface area contributed by atoms with Crippen LogP contribution in [0.1, 0.15) is 27.5 Å². The van der Waals surface area contributed by atoms with Crippen molar-refractivity contribution >= 4 is 15.9 Å². The molecule has 32 heavy (non-hydrogen) atoms. The molecule has 0 radical (unpaired) electrons. The third-order valence-electron chi connectivity index (χ3n) is 5.73. The van der Waals surface area contributed by atoms with Crippen LogP contribution in [0.3, 0.4) is 0 Å². The molecular formula is C24H26N4O3S. The average Bonchev–Trinajstić information content (AvgIpc) is 2.85. The van der Waals surface area contributed by atoms with Crippen LogP contribution < -0.4 is 11.3 Å². The number of amides is 1. The van der Waals surface area contributed by atoms with E-state index in [9.17, 15) is 13.2 Å². The third-order valence-corrected chi connectivity index (χ3v) is 7.63. The molecule has 0 unspecified atom stereocenters. The van der Waals surface area contributed by atoms with E-state index < -0.39 is 15.9 Å². The van der Waals surface area contributed by atoms with E-state index in [1.807, 2.05) is 41.8 Å². The SMILES string of the molecule is NNC(=O)c1cccc(S(=O)(=O)N2CCN(C(c3ccccc3)c3ccccc3)CC2)c1. The van der Waals surface area contributed by atoms with Crippen LogP contribution in [0.25, 0.3) is 0 Å². The van der Waals surface area contributed by atoms with Crippen LogP contribution in [-0.2, 0) is 10.0 Å². The van der Waals surface area contributed by atoms with Crippen LogP contribution in [-0.4, -0.2) is 49.7 Å². The van der Waals surface area contributed by atoms with Gasteiger partial charge in [-0.1, -0.05) is 66.7 Å². The number of hydrogen-bond donors (Lipinski definition) is 2. The summed E-state index contributed by atoms with van der Waals surface area (Å²) in [5.74, 6) is 4.65. The number of nitrogens with one attached hydrogen (secondary N) is 1. The number of hydrogen-bond acceptors (Lipinski definition) is 5. The molecule has 0 spiro atoms. The summed E-state index contributed by atoms with van der Waals surface area (Å²) < 4.78 is 27.9. The van der Waals surface area contributed by atoms with Gasteiger partial charge < -0.3 is 0 Å². The summed E-state index contributed by atoms with van der Waals surface area (Å²) in [6.45, 7) is 1.92. The Morgan fingerprint density at radius 1 is 0.812 bits per heavy atom. The van der Waals surface area contributed by atoms with Gasteiger partial charge in [-0.25, -0.2) is 14.3 Å². The van der Waals surface area contributed by atoms with E-state index in [4.69, 9.17) is 5.84 Å². The van der Waals surface area contributed by atoms with Crippen LogP contribution in [0.4, 0.5) is 0 Å². The number of carbonyl (C=O) groups excluding carboxylic acids is 1. The van der Waals surface area contributed by atoms with Gasteiger partial charge in [-0.15, -0.1) is 0 Å². The van der Waals surface area contributed by atoms with Crippen LogP contribution in [0.5, 0.6) is 0 Å². The maximum absolute atomic E-state index is 13.2. The summed E-state index contributed by atoms with van der Waals surface area (Å²) in [6, 6.07) is 26.5. The van der Waals surface area contributed by atoms with Crippen molar-refractivity contribution in [2.24, 2.45) is 5.84 Å². The van der Waals surface area contributed by atoms with E-state index in [1.165, 1.54) is 33.6 Å². The quantitative estimate of drug-likeness (QED) is 0.342. The van der Waals surface area contributed by atoms with Crippen molar-refractivity contribution < 1.29 is 13.2 Å². The normalized spacial score (nSPS) is 15.6. The molecule has 8 heteroatoms. The van der Waals surface area contributed by atoms with Gasteiger partial charge in [-0.05, 0) is 29.3 Å². The summed E-state index contributed by atoms with van der Waals surface area (Å²) in [7, 11) is -3.72. The molecular weight excluding hydrogens is 424 g/mol. The minimum atomic E-state index is -3.72. The van der Waals surface area contributed by atoms with Gasteiger partial charge in [0.2, 0.25) is 10.0 Å². The summed E-state index contributed by atoms with van der Waals surface area (Å²) in [6.07, 6.45) is 0. The van der Waals surface area contributed by atoms with Crippen molar-refractivity contribution in [3.63, 3.8) is 0 Å². The first-order valence-corrected chi connectivity index (χ1v) is 11.9. The number of carbonyl (C=O) groups is 1. The molecule has 0 aliphatic carbocycles. The minimum Gasteiger partial charge on any atom is -0.290 e. The fraction of sp³-hybridized carbons (Fsp3) is 0.208. The molecule has 0 bridgehead atoms. The highest BCUT2D eigenvalue weighted by Crippen LogP contribution is 2.30. The van der Waals surface area contributed by atoms with Crippen LogP contribution in [0, 0.1) is 0 Å². The van der Waals surface area contributed by atoms with Gasteiger partial charge in [0.1, 0.15) is 0 Å². The largest absolute Gasteiger partial charge is 0.290 e. The van der Waals surface area contributed by atoms with Gasteiger partial charge in [-0.3, -0.25) is 15.1 Å². The first kappa shape index (κ1) is 22.2. The molecule has 1 aliphatic heterocycles. The molecule has 3 aromatic carbocycles. The maximum atomic E-state index is 13.2. The fourth-order valence-corrected chi connectivity index (χ4v) is 5.59. The number of sulfonamides is 1. The molecule has 0 atom stereocenters.